The first kappa shape index (κ1) is 33.8. The standard InChI is InChI=1S/C36H43N3O5S/c1-5-8-21-42-22-23-44-32-15-9-28(10-16-32)29-11-19-35(43-7-3)30(24-29)12-20-36(40)38-31-13-17-33(18-14-31)45(41)25-34-27(4)37-26-39(34)6-2/h9-20,24,26H,5-8,21-23,25H2,1-4H3,(H,38,40)/b20-12+. The molecule has 1 N–H and O–H groups in total. The number of hydrogen-bond acceptors (Lipinski definition) is 6. The molecule has 0 bridgehead atoms. The molecule has 0 saturated heterocycles. The molecule has 0 fully saturated rings. The number of carbonyl (C=O) groups excluding carboxylic acids is 1. The maximum Gasteiger partial charge on any atom is 0.248 e. The van der Waals surface area contributed by atoms with Gasteiger partial charge in [-0.25, -0.2) is 4.98 Å². The molecule has 3 aromatic carbocycles. The van der Waals surface area contributed by atoms with Gasteiger partial charge in [-0.2, -0.15) is 0 Å². The zero-order valence-corrected chi connectivity index (χ0v) is 27.4. The van der Waals surface area contributed by atoms with Gasteiger partial charge < -0.3 is 28.6 Å². The molecule has 1 atom stereocenters. The molecular formula is C36H43N3O5S. The highest BCUT2D eigenvalue weighted by molar-refractivity contribution is 7.90. The topological polar surface area (TPSA) is 97.7 Å². The van der Waals surface area contributed by atoms with Crippen LogP contribution >= 0.6 is 0 Å². The summed E-state index contributed by atoms with van der Waals surface area (Å²) in [6.45, 7) is 11.2. The van der Waals surface area contributed by atoms with Crippen LogP contribution in [0.1, 0.15) is 50.6 Å². The highest BCUT2D eigenvalue weighted by Gasteiger charge is 2.17. The third-order valence-corrected chi connectivity index (χ3v) is 8.53. The third-order valence-electron chi connectivity index (χ3n) is 7.20. The largest absolute Gasteiger partial charge is 0.611 e. The molecule has 1 amide bonds. The number of imidazole rings is 1. The quantitative estimate of drug-likeness (QED) is 0.0741. The zero-order valence-electron chi connectivity index (χ0n) is 26.6. The Bertz CT molecular complexity index is 1530. The Hall–Kier alpha value is -4.05. The molecule has 238 valence electrons. The van der Waals surface area contributed by atoms with Crippen LogP contribution in [0, 0.1) is 6.92 Å². The molecule has 8 nitrogen and oxygen atoms in total. The van der Waals surface area contributed by atoms with Crippen LogP contribution in [0.25, 0.3) is 17.2 Å². The minimum Gasteiger partial charge on any atom is -0.611 e. The van der Waals surface area contributed by atoms with Gasteiger partial charge in [0.2, 0.25) is 5.91 Å². The summed E-state index contributed by atoms with van der Waals surface area (Å²) in [7, 11) is 0. The molecule has 0 aliphatic heterocycles. The summed E-state index contributed by atoms with van der Waals surface area (Å²) in [5, 5.41) is 2.88. The first-order valence-corrected chi connectivity index (χ1v) is 16.8. The van der Waals surface area contributed by atoms with Crippen LogP contribution in [0.5, 0.6) is 11.5 Å². The summed E-state index contributed by atoms with van der Waals surface area (Å²) in [6, 6.07) is 20.9. The second-order valence-electron chi connectivity index (χ2n) is 10.4. The normalized spacial score (nSPS) is 11.9. The van der Waals surface area contributed by atoms with E-state index < -0.39 is 11.2 Å². The summed E-state index contributed by atoms with van der Waals surface area (Å²) in [4.78, 5) is 17.8. The number of benzene rings is 3. The summed E-state index contributed by atoms with van der Waals surface area (Å²) < 4.78 is 32.2. The first-order valence-electron chi connectivity index (χ1n) is 15.5. The van der Waals surface area contributed by atoms with Crippen LogP contribution < -0.4 is 14.8 Å². The van der Waals surface area contributed by atoms with Crippen molar-refractivity contribution >= 4 is 28.8 Å². The molecular weight excluding hydrogens is 586 g/mol. The maximum atomic E-state index is 13.0. The van der Waals surface area contributed by atoms with E-state index in [1.807, 2.05) is 67.8 Å². The molecule has 0 radical (unpaired) electrons. The molecule has 9 heteroatoms. The number of amides is 1. The van der Waals surface area contributed by atoms with Crippen molar-refractivity contribution < 1.29 is 23.6 Å². The summed E-state index contributed by atoms with van der Waals surface area (Å²) in [5.74, 6) is 1.60. The van der Waals surface area contributed by atoms with Crippen molar-refractivity contribution in [3.63, 3.8) is 0 Å². The Morgan fingerprint density at radius 2 is 1.71 bits per heavy atom. The van der Waals surface area contributed by atoms with Crippen molar-refractivity contribution in [2.45, 2.75) is 57.7 Å². The van der Waals surface area contributed by atoms with Gasteiger partial charge in [-0.1, -0.05) is 31.5 Å². The van der Waals surface area contributed by atoms with Gasteiger partial charge in [-0.15, -0.1) is 0 Å². The second kappa shape index (κ2) is 17.4. The predicted molar refractivity (Wildman–Crippen MR) is 181 cm³/mol. The van der Waals surface area contributed by atoms with Crippen molar-refractivity contribution in [2.75, 3.05) is 31.7 Å². The van der Waals surface area contributed by atoms with E-state index in [1.165, 1.54) is 6.08 Å². The molecule has 4 aromatic rings. The molecule has 0 aliphatic carbocycles. The number of nitrogens with one attached hydrogen (secondary N) is 1. The van der Waals surface area contributed by atoms with Crippen LogP contribution in [0.2, 0.25) is 0 Å². The Labute approximate surface area is 269 Å². The average Bonchev–Trinajstić information content (AvgIpc) is 3.41. The van der Waals surface area contributed by atoms with Crippen LogP contribution in [-0.2, 0) is 33.0 Å². The summed E-state index contributed by atoms with van der Waals surface area (Å²) in [5.41, 5.74) is 5.29. The molecule has 1 heterocycles. The predicted octanol–water partition coefficient (Wildman–Crippen LogP) is 7.43. The lowest BCUT2D eigenvalue weighted by atomic mass is 10.0. The minimum atomic E-state index is -1.23. The monoisotopic (exact) mass is 629 g/mol. The molecule has 1 aromatic heterocycles. The molecule has 4 rings (SSSR count). The van der Waals surface area contributed by atoms with Gasteiger partial charge in [0.1, 0.15) is 18.1 Å². The van der Waals surface area contributed by atoms with E-state index in [0.29, 0.717) is 41.9 Å². The van der Waals surface area contributed by atoms with Gasteiger partial charge in [-0.05, 0) is 104 Å². The van der Waals surface area contributed by atoms with Crippen LogP contribution in [-0.4, -0.2) is 46.4 Å². The van der Waals surface area contributed by atoms with Crippen LogP contribution in [0.4, 0.5) is 5.69 Å². The number of unbranched alkanes of at least 4 members (excludes halogenated alkanes) is 1. The van der Waals surface area contributed by atoms with E-state index in [1.54, 1.807) is 36.7 Å². The van der Waals surface area contributed by atoms with E-state index in [9.17, 15) is 9.35 Å². The lowest BCUT2D eigenvalue weighted by Gasteiger charge is -2.13. The smallest absolute Gasteiger partial charge is 0.248 e. The number of hydrogen-bond donors (Lipinski definition) is 1. The van der Waals surface area contributed by atoms with E-state index in [4.69, 9.17) is 14.2 Å². The number of aromatic nitrogens is 2. The van der Waals surface area contributed by atoms with Crippen molar-refractivity contribution in [3.8, 4) is 22.6 Å². The number of aryl methyl sites for hydroxylation is 2. The van der Waals surface area contributed by atoms with Crippen molar-refractivity contribution in [1.82, 2.24) is 9.55 Å². The minimum absolute atomic E-state index is 0.278. The Morgan fingerprint density at radius 3 is 2.42 bits per heavy atom. The van der Waals surface area contributed by atoms with Crippen LogP contribution in [0.3, 0.4) is 0 Å². The van der Waals surface area contributed by atoms with E-state index in [2.05, 4.69) is 17.2 Å². The van der Waals surface area contributed by atoms with Gasteiger partial charge in [-0.3, -0.25) is 4.79 Å². The molecule has 45 heavy (non-hydrogen) atoms. The number of anilines is 1. The molecule has 0 aliphatic rings. The number of nitrogens with zero attached hydrogens (tertiary/aromatic N) is 2. The third kappa shape index (κ3) is 9.97. The lowest BCUT2D eigenvalue weighted by Crippen LogP contribution is -2.11. The van der Waals surface area contributed by atoms with Crippen LogP contribution in [0.15, 0.2) is 84.0 Å². The van der Waals surface area contributed by atoms with Gasteiger partial charge in [0.05, 0.1) is 30.9 Å². The number of rotatable bonds is 17. The van der Waals surface area contributed by atoms with Gasteiger partial charge in [0.25, 0.3) is 0 Å². The average molecular weight is 630 g/mol. The molecule has 1 unspecified atom stereocenters. The van der Waals surface area contributed by atoms with Gasteiger partial charge in [0.15, 0.2) is 10.6 Å². The Balaban J connectivity index is 1.36. The highest BCUT2D eigenvalue weighted by atomic mass is 32.2. The van der Waals surface area contributed by atoms with Crippen molar-refractivity contribution in [2.24, 2.45) is 0 Å². The Kier molecular flexibility index (Phi) is 13.1. The zero-order chi connectivity index (χ0) is 32.0. The van der Waals surface area contributed by atoms with Gasteiger partial charge >= 0.3 is 0 Å². The fourth-order valence-corrected chi connectivity index (χ4v) is 5.90. The summed E-state index contributed by atoms with van der Waals surface area (Å²) in [6.07, 6.45) is 7.20. The fourth-order valence-electron chi connectivity index (χ4n) is 4.67. The first-order chi connectivity index (χ1) is 21.9. The second-order valence-corrected chi connectivity index (χ2v) is 11.9. The van der Waals surface area contributed by atoms with E-state index in [0.717, 1.165) is 59.8 Å². The number of carbonyl (C=O) groups is 1. The molecule has 0 saturated carbocycles. The Morgan fingerprint density at radius 1 is 0.956 bits per heavy atom. The maximum absolute atomic E-state index is 13.0. The number of ether oxygens (including phenoxy) is 3. The van der Waals surface area contributed by atoms with E-state index in [-0.39, 0.29) is 5.91 Å². The van der Waals surface area contributed by atoms with E-state index >= 15 is 0 Å². The van der Waals surface area contributed by atoms with Crippen molar-refractivity contribution in [1.29, 1.82) is 0 Å². The highest BCUT2D eigenvalue weighted by Crippen LogP contribution is 2.29. The SMILES string of the molecule is CCCCOCCOc1ccc(-c2ccc(OCC)c(/C=C/C(=O)Nc3ccc([S+]([O-])Cc4c(C)ncn4CC)cc3)c2)cc1. The summed E-state index contributed by atoms with van der Waals surface area (Å²) >= 11 is -1.23. The van der Waals surface area contributed by atoms with Crippen molar-refractivity contribution in [3.05, 3.63) is 96.1 Å². The molecule has 0 spiro atoms. The van der Waals surface area contributed by atoms with Gasteiger partial charge in [0, 0.05) is 30.5 Å². The lowest BCUT2D eigenvalue weighted by molar-refractivity contribution is -0.111. The fraction of sp³-hybridized carbons (Fsp3) is 0.333.